The van der Waals surface area contributed by atoms with Crippen molar-refractivity contribution in [2.24, 2.45) is 0 Å². The summed E-state index contributed by atoms with van der Waals surface area (Å²) in [7, 11) is -3.51. The first kappa shape index (κ1) is 18.3. The van der Waals surface area contributed by atoms with Crippen LogP contribution in [0.15, 0.2) is 46.5 Å². The highest BCUT2D eigenvalue weighted by atomic mass is 32.2. The molecule has 0 bridgehead atoms. The molecule has 4 nitrogen and oxygen atoms in total. The number of halogens is 2. The molecule has 1 aliphatic heterocycles. The minimum absolute atomic E-state index is 0.163. The Morgan fingerprint density at radius 3 is 2.52 bits per heavy atom. The van der Waals surface area contributed by atoms with E-state index in [1.165, 1.54) is 40.5 Å². The van der Waals surface area contributed by atoms with Crippen LogP contribution < -0.4 is 0 Å². The zero-order valence-corrected chi connectivity index (χ0v) is 15.1. The molecule has 25 heavy (non-hydrogen) atoms. The number of sulfonamides is 1. The fourth-order valence-corrected chi connectivity index (χ4v) is 4.95. The Morgan fingerprint density at radius 1 is 1.08 bits per heavy atom. The van der Waals surface area contributed by atoms with E-state index in [-0.39, 0.29) is 16.2 Å². The van der Waals surface area contributed by atoms with Gasteiger partial charge < -0.3 is 0 Å². The lowest BCUT2D eigenvalue weighted by molar-refractivity contribution is 0.346. The van der Waals surface area contributed by atoms with E-state index < -0.39 is 21.7 Å². The molecule has 1 aromatic carbocycles. The molecule has 134 valence electrons. The van der Waals surface area contributed by atoms with Gasteiger partial charge in [0, 0.05) is 30.6 Å². The predicted octanol–water partition coefficient (Wildman–Crippen LogP) is 3.83. The lowest BCUT2D eigenvalue weighted by Crippen LogP contribution is -2.35. The van der Waals surface area contributed by atoms with E-state index in [9.17, 15) is 17.2 Å². The van der Waals surface area contributed by atoms with E-state index in [0.29, 0.717) is 18.1 Å². The van der Waals surface area contributed by atoms with Crippen LogP contribution in [0.1, 0.15) is 24.8 Å². The summed E-state index contributed by atoms with van der Waals surface area (Å²) >= 11 is 1.23. The van der Waals surface area contributed by atoms with Gasteiger partial charge in [0.05, 0.1) is 5.03 Å². The average molecular weight is 384 g/mol. The Balaban J connectivity index is 1.69. The second-order valence-electron chi connectivity index (χ2n) is 5.80. The van der Waals surface area contributed by atoms with Crippen molar-refractivity contribution >= 4 is 21.8 Å². The monoisotopic (exact) mass is 384 g/mol. The molecule has 2 aromatic rings. The van der Waals surface area contributed by atoms with Crippen molar-refractivity contribution in [2.45, 2.75) is 34.9 Å². The average Bonchev–Trinajstić information content (AvgIpc) is 2.64. The van der Waals surface area contributed by atoms with Gasteiger partial charge in [-0.2, -0.15) is 4.31 Å². The van der Waals surface area contributed by atoms with Crippen LogP contribution in [0.3, 0.4) is 0 Å². The lowest BCUT2D eigenvalue weighted by Gasteiger charge is -2.25. The van der Waals surface area contributed by atoms with Crippen molar-refractivity contribution in [1.29, 1.82) is 0 Å². The predicted molar refractivity (Wildman–Crippen MR) is 92.8 cm³/mol. The summed E-state index contributed by atoms with van der Waals surface area (Å²) in [5.74, 6) is -1.53. The van der Waals surface area contributed by atoms with Crippen LogP contribution in [0.4, 0.5) is 8.78 Å². The maximum absolute atomic E-state index is 13.6. The van der Waals surface area contributed by atoms with Gasteiger partial charge in [-0.1, -0.05) is 18.6 Å². The van der Waals surface area contributed by atoms with E-state index >= 15 is 0 Å². The van der Waals surface area contributed by atoms with Gasteiger partial charge in [-0.15, -0.1) is 11.8 Å². The van der Waals surface area contributed by atoms with Crippen LogP contribution in [0.2, 0.25) is 0 Å². The van der Waals surface area contributed by atoms with E-state index in [4.69, 9.17) is 0 Å². The Kier molecular flexibility index (Phi) is 5.71. The molecule has 0 atom stereocenters. The van der Waals surface area contributed by atoms with E-state index in [1.54, 1.807) is 6.07 Å². The molecule has 1 fully saturated rings. The fraction of sp³-hybridized carbons (Fsp3) is 0.353. The van der Waals surface area contributed by atoms with Crippen molar-refractivity contribution in [3.8, 4) is 0 Å². The molecule has 0 aliphatic carbocycles. The number of hydrogen-bond acceptors (Lipinski definition) is 4. The third kappa shape index (κ3) is 4.19. The molecule has 8 heteroatoms. The summed E-state index contributed by atoms with van der Waals surface area (Å²) in [6, 6.07) is 7.15. The largest absolute Gasteiger partial charge is 0.249 e. The molecular formula is C17H18F2N2O2S2. The van der Waals surface area contributed by atoms with Crippen LogP contribution in [0.25, 0.3) is 0 Å². The SMILES string of the molecule is O=S(=O)(c1ccc(SCc2cccc(F)c2F)nc1)N1CCCCC1. The Labute approximate surface area is 150 Å². The zero-order valence-electron chi connectivity index (χ0n) is 13.5. The van der Waals surface area contributed by atoms with Crippen LogP contribution in [-0.4, -0.2) is 30.8 Å². The van der Waals surface area contributed by atoms with Gasteiger partial charge in [0.15, 0.2) is 11.6 Å². The van der Waals surface area contributed by atoms with Gasteiger partial charge in [0.2, 0.25) is 10.0 Å². The Morgan fingerprint density at radius 2 is 1.84 bits per heavy atom. The van der Waals surface area contributed by atoms with Crippen LogP contribution in [0.5, 0.6) is 0 Å². The number of aromatic nitrogens is 1. The molecule has 0 amide bonds. The molecule has 1 saturated heterocycles. The number of rotatable bonds is 5. The normalized spacial score (nSPS) is 16.1. The molecule has 0 spiro atoms. The molecule has 2 heterocycles. The third-order valence-electron chi connectivity index (χ3n) is 4.07. The smallest absolute Gasteiger partial charge is 0.244 e. The topological polar surface area (TPSA) is 50.3 Å². The van der Waals surface area contributed by atoms with Gasteiger partial charge >= 0.3 is 0 Å². The summed E-state index contributed by atoms with van der Waals surface area (Å²) in [6.45, 7) is 1.08. The van der Waals surface area contributed by atoms with Crippen LogP contribution >= 0.6 is 11.8 Å². The maximum Gasteiger partial charge on any atom is 0.244 e. The standard InChI is InChI=1S/C17H18F2N2O2S2/c18-15-6-4-5-13(17(15)19)12-24-16-8-7-14(11-20-16)25(22,23)21-9-2-1-3-10-21/h4-8,11H,1-3,9-10,12H2. The second kappa shape index (κ2) is 7.80. The molecule has 3 rings (SSSR count). The first-order valence-corrected chi connectivity index (χ1v) is 10.4. The molecule has 1 aromatic heterocycles. The van der Waals surface area contributed by atoms with E-state index in [1.807, 2.05) is 0 Å². The van der Waals surface area contributed by atoms with Crippen molar-refractivity contribution in [3.05, 3.63) is 53.7 Å². The minimum atomic E-state index is -3.51. The van der Waals surface area contributed by atoms with Crippen molar-refractivity contribution in [3.63, 3.8) is 0 Å². The van der Waals surface area contributed by atoms with Gasteiger partial charge in [-0.3, -0.25) is 0 Å². The molecule has 0 N–H and O–H groups in total. The highest BCUT2D eigenvalue weighted by molar-refractivity contribution is 7.98. The van der Waals surface area contributed by atoms with Gasteiger partial charge in [-0.05, 0) is 31.0 Å². The van der Waals surface area contributed by atoms with E-state index in [0.717, 1.165) is 25.3 Å². The number of nitrogens with zero attached hydrogens (tertiary/aromatic N) is 2. The quantitative estimate of drug-likeness (QED) is 0.736. The highest BCUT2D eigenvalue weighted by Gasteiger charge is 2.26. The zero-order chi connectivity index (χ0) is 17.9. The first-order chi connectivity index (χ1) is 12.0. The molecule has 1 aliphatic rings. The molecular weight excluding hydrogens is 366 g/mol. The summed E-state index contributed by atoms with van der Waals surface area (Å²) in [4.78, 5) is 4.31. The Bertz CT molecular complexity index is 836. The third-order valence-corrected chi connectivity index (χ3v) is 6.94. The summed E-state index contributed by atoms with van der Waals surface area (Å²) in [5, 5.41) is 0.557. The number of pyridine rings is 1. The van der Waals surface area contributed by atoms with Crippen molar-refractivity contribution in [2.75, 3.05) is 13.1 Å². The summed E-state index contributed by atoms with van der Waals surface area (Å²) < 4.78 is 53.4. The second-order valence-corrected chi connectivity index (χ2v) is 8.73. The van der Waals surface area contributed by atoms with Crippen LogP contribution in [0, 0.1) is 11.6 Å². The summed E-state index contributed by atoms with van der Waals surface area (Å²) in [5.41, 5.74) is 0.247. The van der Waals surface area contributed by atoms with Gasteiger partial charge in [0.1, 0.15) is 4.90 Å². The summed E-state index contributed by atoms with van der Waals surface area (Å²) in [6.07, 6.45) is 4.13. The van der Waals surface area contributed by atoms with Crippen molar-refractivity contribution < 1.29 is 17.2 Å². The number of thioether (sulfide) groups is 1. The first-order valence-electron chi connectivity index (χ1n) is 8.00. The molecule has 0 saturated carbocycles. The van der Waals surface area contributed by atoms with Crippen LogP contribution in [-0.2, 0) is 15.8 Å². The Hall–Kier alpha value is -1.51. The molecule has 0 unspecified atom stereocenters. The lowest BCUT2D eigenvalue weighted by atomic mass is 10.2. The highest BCUT2D eigenvalue weighted by Crippen LogP contribution is 2.25. The fourth-order valence-electron chi connectivity index (χ4n) is 2.67. The van der Waals surface area contributed by atoms with E-state index in [2.05, 4.69) is 4.98 Å². The molecule has 0 radical (unpaired) electrons. The van der Waals surface area contributed by atoms with Gasteiger partial charge in [-0.25, -0.2) is 22.2 Å². The van der Waals surface area contributed by atoms with Gasteiger partial charge in [0.25, 0.3) is 0 Å². The number of piperidine rings is 1. The number of hydrogen-bond donors (Lipinski definition) is 0. The number of benzene rings is 1. The van der Waals surface area contributed by atoms with Crippen molar-refractivity contribution in [1.82, 2.24) is 9.29 Å². The maximum atomic E-state index is 13.6. The minimum Gasteiger partial charge on any atom is -0.249 e.